The summed E-state index contributed by atoms with van der Waals surface area (Å²) in [5.74, 6) is 0. The predicted molar refractivity (Wildman–Crippen MR) is 84.7 cm³/mol. The molecule has 102 valence electrons. The molecule has 0 radical (unpaired) electrons. The van der Waals surface area contributed by atoms with Gasteiger partial charge in [0.2, 0.25) is 0 Å². The highest BCUT2D eigenvalue weighted by atomic mass is 32.1. The van der Waals surface area contributed by atoms with E-state index in [2.05, 4.69) is 61.8 Å². The lowest BCUT2D eigenvalue weighted by Crippen LogP contribution is -2.20. The quantitative estimate of drug-likeness (QED) is 0.781. The van der Waals surface area contributed by atoms with E-state index in [0.29, 0.717) is 6.04 Å². The monoisotopic (exact) mass is 273 g/mol. The molecule has 0 saturated heterocycles. The maximum Gasteiger partial charge on any atom is 0.0417 e. The van der Waals surface area contributed by atoms with Crippen LogP contribution in [0.2, 0.25) is 0 Å². The van der Waals surface area contributed by atoms with Crippen molar-refractivity contribution in [1.82, 2.24) is 5.32 Å². The SMILES string of the molecule is CCCC(NCc1cc(C)ccc1C)c1cccs1. The summed E-state index contributed by atoms with van der Waals surface area (Å²) >= 11 is 1.85. The van der Waals surface area contributed by atoms with Crippen molar-refractivity contribution in [2.75, 3.05) is 0 Å². The van der Waals surface area contributed by atoms with Gasteiger partial charge in [0.25, 0.3) is 0 Å². The maximum absolute atomic E-state index is 3.72. The lowest BCUT2D eigenvalue weighted by molar-refractivity contribution is 0.500. The van der Waals surface area contributed by atoms with Gasteiger partial charge in [-0.15, -0.1) is 11.3 Å². The largest absolute Gasteiger partial charge is 0.305 e. The lowest BCUT2D eigenvalue weighted by atomic mass is 10.0. The summed E-state index contributed by atoms with van der Waals surface area (Å²) in [5.41, 5.74) is 4.13. The summed E-state index contributed by atoms with van der Waals surface area (Å²) in [6, 6.07) is 11.6. The third kappa shape index (κ3) is 3.92. The Bertz CT molecular complexity index is 502. The molecular weight excluding hydrogens is 250 g/mol. The molecule has 0 amide bonds. The second-order valence-electron chi connectivity index (χ2n) is 5.17. The predicted octanol–water partition coefficient (Wildman–Crippen LogP) is 5.00. The molecule has 0 aliphatic heterocycles. The number of aryl methyl sites for hydroxylation is 2. The summed E-state index contributed by atoms with van der Waals surface area (Å²) < 4.78 is 0. The van der Waals surface area contributed by atoms with Gasteiger partial charge in [-0.3, -0.25) is 0 Å². The Morgan fingerprint density at radius 1 is 1.21 bits per heavy atom. The van der Waals surface area contributed by atoms with Gasteiger partial charge in [0.15, 0.2) is 0 Å². The Labute approximate surface area is 120 Å². The van der Waals surface area contributed by atoms with Crippen molar-refractivity contribution >= 4 is 11.3 Å². The van der Waals surface area contributed by atoms with Crippen LogP contribution in [0.4, 0.5) is 0 Å². The van der Waals surface area contributed by atoms with Crippen molar-refractivity contribution in [2.45, 2.75) is 46.2 Å². The molecule has 0 aliphatic rings. The number of hydrogen-bond donors (Lipinski definition) is 1. The molecule has 1 aromatic heterocycles. The molecule has 19 heavy (non-hydrogen) atoms. The van der Waals surface area contributed by atoms with Gasteiger partial charge in [-0.2, -0.15) is 0 Å². The first-order valence-corrected chi connectivity index (χ1v) is 7.91. The van der Waals surface area contributed by atoms with Crippen LogP contribution in [-0.2, 0) is 6.54 Å². The molecular formula is C17H23NS. The highest BCUT2D eigenvalue weighted by Gasteiger charge is 2.11. The number of thiophene rings is 1. The van der Waals surface area contributed by atoms with Gasteiger partial charge in [0, 0.05) is 17.5 Å². The van der Waals surface area contributed by atoms with Gasteiger partial charge in [0.05, 0.1) is 0 Å². The molecule has 1 aromatic carbocycles. The van der Waals surface area contributed by atoms with Crippen molar-refractivity contribution in [3.63, 3.8) is 0 Å². The van der Waals surface area contributed by atoms with E-state index in [1.165, 1.54) is 34.4 Å². The van der Waals surface area contributed by atoms with Crippen molar-refractivity contribution in [3.8, 4) is 0 Å². The first-order chi connectivity index (χ1) is 9.20. The number of hydrogen-bond acceptors (Lipinski definition) is 2. The molecule has 2 rings (SSSR count). The fraction of sp³-hybridized carbons (Fsp3) is 0.412. The zero-order valence-corrected chi connectivity index (χ0v) is 12.9. The van der Waals surface area contributed by atoms with E-state index in [0.717, 1.165) is 6.54 Å². The third-order valence-electron chi connectivity index (χ3n) is 3.51. The van der Waals surface area contributed by atoms with Crippen LogP contribution in [0, 0.1) is 13.8 Å². The summed E-state index contributed by atoms with van der Waals surface area (Å²) in [6.45, 7) is 7.55. The first kappa shape index (κ1) is 14.3. The minimum absolute atomic E-state index is 0.491. The number of benzene rings is 1. The smallest absolute Gasteiger partial charge is 0.0417 e. The maximum atomic E-state index is 3.72. The van der Waals surface area contributed by atoms with Crippen LogP contribution in [0.5, 0.6) is 0 Å². The molecule has 2 heteroatoms. The summed E-state index contributed by atoms with van der Waals surface area (Å²) in [6.07, 6.45) is 2.41. The summed E-state index contributed by atoms with van der Waals surface area (Å²) in [7, 11) is 0. The Morgan fingerprint density at radius 2 is 2.05 bits per heavy atom. The van der Waals surface area contributed by atoms with Crippen molar-refractivity contribution < 1.29 is 0 Å². The Balaban J connectivity index is 2.04. The fourth-order valence-corrected chi connectivity index (χ4v) is 3.18. The van der Waals surface area contributed by atoms with Gasteiger partial charge in [-0.1, -0.05) is 43.2 Å². The van der Waals surface area contributed by atoms with Crippen LogP contribution < -0.4 is 5.32 Å². The minimum Gasteiger partial charge on any atom is -0.305 e. The van der Waals surface area contributed by atoms with E-state index < -0.39 is 0 Å². The van der Waals surface area contributed by atoms with E-state index in [1.807, 2.05) is 11.3 Å². The second-order valence-corrected chi connectivity index (χ2v) is 6.15. The van der Waals surface area contributed by atoms with Crippen LogP contribution in [0.3, 0.4) is 0 Å². The molecule has 1 atom stereocenters. The van der Waals surface area contributed by atoms with Gasteiger partial charge >= 0.3 is 0 Å². The lowest BCUT2D eigenvalue weighted by Gasteiger charge is -2.18. The molecule has 1 unspecified atom stereocenters. The van der Waals surface area contributed by atoms with Crippen molar-refractivity contribution in [2.24, 2.45) is 0 Å². The topological polar surface area (TPSA) is 12.0 Å². The normalized spacial score (nSPS) is 12.6. The molecule has 2 aromatic rings. The Kier molecular flexibility index (Phi) is 5.17. The van der Waals surface area contributed by atoms with Gasteiger partial charge < -0.3 is 5.32 Å². The zero-order valence-electron chi connectivity index (χ0n) is 12.1. The third-order valence-corrected chi connectivity index (χ3v) is 4.49. The van der Waals surface area contributed by atoms with E-state index in [9.17, 15) is 0 Å². The number of rotatable bonds is 6. The molecule has 1 nitrogen and oxygen atoms in total. The van der Waals surface area contributed by atoms with Crippen molar-refractivity contribution in [3.05, 3.63) is 57.3 Å². The van der Waals surface area contributed by atoms with Gasteiger partial charge in [-0.25, -0.2) is 0 Å². The minimum atomic E-state index is 0.491. The molecule has 0 fully saturated rings. The second kappa shape index (κ2) is 6.88. The highest BCUT2D eigenvalue weighted by Crippen LogP contribution is 2.24. The van der Waals surface area contributed by atoms with E-state index >= 15 is 0 Å². The van der Waals surface area contributed by atoms with Crippen molar-refractivity contribution in [1.29, 1.82) is 0 Å². The van der Waals surface area contributed by atoms with E-state index in [4.69, 9.17) is 0 Å². The average molecular weight is 273 g/mol. The molecule has 0 saturated carbocycles. The summed E-state index contributed by atoms with van der Waals surface area (Å²) in [5, 5.41) is 5.88. The Morgan fingerprint density at radius 3 is 2.74 bits per heavy atom. The van der Waals surface area contributed by atoms with Gasteiger partial charge in [0.1, 0.15) is 0 Å². The standard InChI is InChI=1S/C17H23NS/c1-4-6-16(17-7-5-10-19-17)18-12-15-11-13(2)8-9-14(15)3/h5,7-11,16,18H,4,6,12H2,1-3H3. The molecule has 0 aliphatic carbocycles. The van der Waals surface area contributed by atoms with Crippen LogP contribution in [-0.4, -0.2) is 0 Å². The molecule has 0 spiro atoms. The van der Waals surface area contributed by atoms with E-state index in [-0.39, 0.29) is 0 Å². The van der Waals surface area contributed by atoms with Gasteiger partial charge in [-0.05, 0) is 42.8 Å². The van der Waals surface area contributed by atoms with Crippen LogP contribution in [0.15, 0.2) is 35.7 Å². The zero-order chi connectivity index (χ0) is 13.7. The summed E-state index contributed by atoms with van der Waals surface area (Å²) in [4.78, 5) is 1.45. The van der Waals surface area contributed by atoms with Crippen LogP contribution in [0.1, 0.15) is 47.4 Å². The fourth-order valence-electron chi connectivity index (χ4n) is 2.35. The van der Waals surface area contributed by atoms with Crippen LogP contribution in [0.25, 0.3) is 0 Å². The van der Waals surface area contributed by atoms with Crippen LogP contribution >= 0.6 is 11.3 Å². The molecule has 0 bridgehead atoms. The Hall–Kier alpha value is -1.12. The number of nitrogens with one attached hydrogen (secondary N) is 1. The van der Waals surface area contributed by atoms with E-state index in [1.54, 1.807) is 0 Å². The highest BCUT2D eigenvalue weighted by molar-refractivity contribution is 7.10. The average Bonchev–Trinajstić information content (AvgIpc) is 2.92. The first-order valence-electron chi connectivity index (χ1n) is 7.03. The molecule has 1 N–H and O–H groups in total. The molecule has 1 heterocycles.